The van der Waals surface area contributed by atoms with Crippen molar-refractivity contribution < 1.29 is 72.2 Å². The second-order valence-electron chi connectivity index (χ2n) is 27.2. The Bertz CT molecular complexity index is 5570. The average Bonchev–Trinajstić information content (AvgIpc) is 1.62. The minimum atomic E-state index is -1.09. The van der Waals surface area contributed by atoms with E-state index in [-0.39, 0.29) is 90.9 Å². The van der Waals surface area contributed by atoms with Crippen LogP contribution >= 0.6 is 0 Å². The molecular formula is C84H78N16O15. The number of nitrogens with two attached hydrogens (primary N) is 3. The summed E-state index contributed by atoms with van der Waals surface area (Å²) in [7, 11) is 3.11. The predicted octanol–water partition coefficient (Wildman–Crippen LogP) is 6.95. The number of aromatic nitrogens is 2. The number of rotatable bonds is 25. The SMILES string of the molecule is CN(CC(=O)NCCCNC(=O)c1ccc(-c2ccc3ncc(C(N)=O)c(Nc4ccccc4)c3c2)cc1)c1cccc2c1C(=O)N(C1CCC(=O)NC1=O)C2=O.CN(CC(=O)O)c1cccc2c1C(=O)N(C1CCC(=O)NC1=O)C2=O.NCCCNC(=O)c1ccc(-c2ccc3ncc(C(N)=O)c(Nc4ccccc4)c3c2)cc1. The second-order valence-corrected chi connectivity index (χ2v) is 27.2. The number of aliphatic carboxylic acids is 1. The van der Waals surface area contributed by atoms with Crippen LogP contribution in [0.25, 0.3) is 44.1 Å². The summed E-state index contributed by atoms with van der Waals surface area (Å²) in [6, 6.07) is 52.1. The lowest BCUT2D eigenvalue weighted by atomic mass is 9.99. The van der Waals surface area contributed by atoms with Crippen LogP contribution in [0.3, 0.4) is 0 Å². The number of hydrogen-bond donors (Lipinski definition) is 11. The number of nitrogens with one attached hydrogen (secondary N) is 7. The number of primary amides is 2. The van der Waals surface area contributed by atoms with Crippen LogP contribution in [0.1, 0.15) is 121 Å². The van der Waals surface area contributed by atoms with Gasteiger partial charge in [-0.3, -0.25) is 97.5 Å². The Morgan fingerprint density at radius 2 is 0.878 bits per heavy atom. The Morgan fingerprint density at radius 1 is 0.478 bits per heavy atom. The van der Waals surface area contributed by atoms with Crippen LogP contribution in [0, 0.1) is 0 Å². The maximum absolute atomic E-state index is 13.4. The van der Waals surface area contributed by atoms with Crippen molar-refractivity contribution in [3.8, 4) is 22.3 Å². The minimum Gasteiger partial charge on any atom is -0.480 e. The molecule has 13 amide bonds. The summed E-state index contributed by atoms with van der Waals surface area (Å²) in [5.74, 6) is -7.86. The number of amides is 13. The third-order valence-electron chi connectivity index (χ3n) is 19.4. The largest absolute Gasteiger partial charge is 0.480 e. The number of hydrogen-bond acceptors (Lipinski definition) is 21. The van der Waals surface area contributed by atoms with E-state index >= 15 is 0 Å². The Kier molecular flexibility index (Phi) is 24.5. The fourth-order valence-corrected chi connectivity index (χ4v) is 13.6. The number of likely N-dealkylation sites (N-methyl/N-ethyl adjacent to an activating group) is 2. The number of carbonyl (C=O) groups excluding carboxylic acids is 13. The molecule has 2 atom stereocenters. The number of benzene rings is 8. The number of pyridine rings is 2. The van der Waals surface area contributed by atoms with E-state index in [0.29, 0.717) is 76.4 Å². The van der Waals surface area contributed by atoms with Gasteiger partial charge in [0.2, 0.25) is 29.5 Å². The lowest BCUT2D eigenvalue weighted by Gasteiger charge is -2.28. The Labute approximate surface area is 657 Å². The monoisotopic (exact) mass is 1550 g/mol. The molecule has 115 heavy (non-hydrogen) atoms. The third-order valence-corrected chi connectivity index (χ3v) is 19.4. The molecule has 2 unspecified atom stereocenters. The first-order chi connectivity index (χ1) is 55.4. The van der Waals surface area contributed by atoms with Gasteiger partial charge in [0.1, 0.15) is 18.6 Å². The standard InChI is InChI=1S/C42H38N8O7.C26H25N5O2.C16H15N3O6/c1-49(32-10-5-9-28-36(32)42(57)50(41(28)56)33-17-18-34(51)48-40(33)55)23-35(52)44-19-6-20-45-39(54)25-13-11-24(12-14-25)26-15-16-31-29(21-26)37(30(22-46-31)38(43)53)47-27-7-3-2-4-8-27;27-13-4-14-29-26(33)18-9-7-17(8-10-18)19-11-12-23-21(15-19)24(22(16-30-23)25(28)32)31-20-5-2-1-3-6-20;1-18(7-12(21)22)9-4-2-3-8-13(9)16(25)19(15(8)24)10-5-6-11(20)17-14(10)23/h2-5,7-16,21-22,33H,6,17-20,23H2,1H3,(H2,43,53)(H,44,52)(H,45,54)(H,46,47)(H,48,51,55);1-3,5-12,15-16H,4,13-14,27H2,(H2,28,32)(H,29,33)(H,30,31);2-4,10H,5-7H2,1H3,(H,21,22)(H,17,20,23). The summed E-state index contributed by atoms with van der Waals surface area (Å²) in [5.41, 5.74) is 27.2. The number of anilines is 6. The second kappa shape index (κ2) is 35.4. The van der Waals surface area contributed by atoms with Crippen molar-refractivity contribution in [1.29, 1.82) is 0 Å². The van der Waals surface area contributed by atoms with Gasteiger partial charge in [-0.15, -0.1) is 0 Å². The summed E-state index contributed by atoms with van der Waals surface area (Å²) < 4.78 is 0. The van der Waals surface area contributed by atoms with Crippen molar-refractivity contribution in [3.05, 3.63) is 239 Å². The van der Waals surface area contributed by atoms with Crippen LogP contribution in [0.15, 0.2) is 194 Å². The zero-order valence-electron chi connectivity index (χ0n) is 62.2. The van der Waals surface area contributed by atoms with E-state index in [0.717, 1.165) is 60.8 Å². The van der Waals surface area contributed by atoms with Crippen molar-refractivity contribution in [3.63, 3.8) is 0 Å². The first-order valence-electron chi connectivity index (χ1n) is 36.5. The number of carboxylic acid groups (broad SMARTS) is 1. The van der Waals surface area contributed by atoms with Crippen LogP contribution in [0.2, 0.25) is 0 Å². The van der Waals surface area contributed by atoms with Gasteiger partial charge in [-0.2, -0.15) is 0 Å². The van der Waals surface area contributed by atoms with E-state index in [2.05, 4.69) is 47.2 Å². The fourth-order valence-electron chi connectivity index (χ4n) is 13.6. The molecule has 8 aromatic carbocycles. The van der Waals surface area contributed by atoms with E-state index in [9.17, 15) is 67.1 Å². The highest BCUT2D eigenvalue weighted by molar-refractivity contribution is 6.27. The Hall–Kier alpha value is -14.9. The Morgan fingerprint density at radius 3 is 1.28 bits per heavy atom. The molecule has 584 valence electrons. The molecule has 10 aromatic rings. The highest BCUT2D eigenvalue weighted by atomic mass is 16.4. The number of para-hydroxylation sites is 2. The molecule has 14 rings (SSSR count). The number of imide groups is 4. The number of nitrogens with zero attached hydrogens (tertiary/aromatic N) is 6. The third kappa shape index (κ3) is 18.0. The van der Waals surface area contributed by atoms with Crippen molar-refractivity contribution in [1.82, 2.24) is 46.4 Å². The van der Waals surface area contributed by atoms with E-state index < -0.39 is 77.1 Å². The normalized spacial score (nSPS) is 14.7. The predicted molar refractivity (Wildman–Crippen MR) is 427 cm³/mol. The molecule has 2 aromatic heterocycles. The molecule has 31 nitrogen and oxygen atoms in total. The molecule has 0 aliphatic carbocycles. The van der Waals surface area contributed by atoms with Gasteiger partial charge in [0.05, 0.1) is 73.7 Å². The zero-order valence-corrected chi connectivity index (χ0v) is 62.2. The maximum atomic E-state index is 13.4. The van der Waals surface area contributed by atoms with Crippen LogP contribution in [0.4, 0.5) is 34.1 Å². The van der Waals surface area contributed by atoms with Crippen LogP contribution in [-0.2, 0) is 28.8 Å². The summed E-state index contributed by atoms with van der Waals surface area (Å²) in [5, 5.41) is 29.9. The first kappa shape index (κ1) is 79.7. The van der Waals surface area contributed by atoms with Gasteiger partial charge < -0.3 is 58.7 Å². The lowest BCUT2D eigenvalue weighted by Crippen LogP contribution is -2.54. The van der Waals surface area contributed by atoms with E-state index in [1.807, 2.05) is 121 Å². The molecule has 14 N–H and O–H groups in total. The summed E-state index contributed by atoms with van der Waals surface area (Å²) in [6.45, 7) is 1.18. The van der Waals surface area contributed by atoms with Gasteiger partial charge in [0.25, 0.3) is 47.3 Å². The zero-order chi connectivity index (χ0) is 81.7. The number of carbonyl (C=O) groups is 14. The number of fused-ring (bicyclic) bond motifs is 4. The van der Waals surface area contributed by atoms with Crippen molar-refractivity contribution in [2.24, 2.45) is 17.2 Å². The molecule has 0 spiro atoms. The Balaban J connectivity index is 0.000000177. The molecule has 0 bridgehead atoms. The average molecular weight is 1550 g/mol. The summed E-state index contributed by atoms with van der Waals surface area (Å²) in [4.78, 5) is 186. The first-order valence-corrected chi connectivity index (χ1v) is 36.5. The van der Waals surface area contributed by atoms with Crippen LogP contribution in [0.5, 0.6) is 0 Å². The minimum absolute atomic E-state index is 0.0112. The molecular weight excluding hydrogens is 1470 g/mol. The molecule has 0 radical (unpaired) electrons. The smallest absolute Gasteiger partial charge is 0.323 e. The molecule has 0 saturated carbocycles. The van der Waals surface area contributed by atoms with Crippen molar-refractivity contribution in [2.45, 2.75) is 50.6 Å². The van der Waals surface area contributed by atoms with E-state index in [1.165, 1.54) is 36.5 Å². The van der Waals surface area contributed by atoms with Gasteiger partial charge in [0, 0.05) is 92.2 Å². The quantitative estimate of drug-likeness (QED) is 0.0204. The van der Waals surface area contributed by atoms with Crippen molar-refractivity contribution >= 4 is 139 Å². The molecule has 2 fully saturated rings. The number of piperidine rings is 2. The van der Waals surface area contributed by atoms with E-state index in [1.54, 1.807) is 60.5 Å². The molecule has 4 aliphatic rings. The van der Waals surface area contributed by atoms with Gasteiger partial charge in [-0.1, -0.05) is 84.9 Å². The van der Waals surface area contributed by atoms with E-state index in [4.69, 9.17) is 22.3 Å². The molecule has 2 saturated heterocycles. The van der Waals surface area contributed by atoms with Gasteiger partial charge in [-0.25, -0.2) is 0 Å². The summed E-state index contributed by atoms with van der Waals surface area (Å²) in [6.07, 6.45) is 4.30. The molecule has 4 aliphatic heterocycles. The highest BCUT2D eigenvalue weighted by Crippen LogP contribution is 2.38. The van der Waals surface area contributed by atoms with Crippen LogP contribution < -0.4 is 64.2 Å². The topological polar surface area (TPSA) is 460 Å². The highest BCUT2D eigenvalue weighted by Gasteiger charge is 2.48. The van der Waals surface area contributed by atoms with Crippen molar-refractivity contribution in [2.75, 3.05) is 73.8 Å². The van der Waals surface area contributed by atoms with Gasteiger partial charge in [0.15, 0.2) is 0 Å². The molecule has 31 heteroatoms. The van der Waals surface area contributed by atoms with Crippen LogP contribution in [-0.4, -0.2) is 173 Å². The summed E-state index contributed by atoms with van der Waals surface area (Å²) >= 11 is 0. The number of carboxylic acids is 1. The van der Waals surface area contributed by atoms with Gasteiger partial charge in [-0.05, 0) is 152 Å². The lowest BCUT2D eigenvalue weighted by molar-refractivity contribution is -0.137. The van der Waals surface area contributed by atoms with Gasteiger partial charge >= 0.3 is 5.97 Å². The fraction of sp³-hybridized carbons (Fsp3) is 0.190. The maximum Gasteiger partial charge on any atom is 0.323 e. The molecule has 6 heterocycles.